The number of hydrogen-bond acceptors (Lipinski definition) is 21. The lowest BCUT2D eigenvalue weighted by atomic mass is 9.98. The summed E-state index contributed by atoms with van der Waals surface area (Å²) in [6.45, 7) is 31.6. The second-order valence-electron chi connectivity index (χ2n) is 30.8. The van der Waals surface area contributed by atoms with Crippen molar-refractivity contribution in [2.45, 2.75) is 189 Å². The monoisotopic (exact) mass is 1390 g/mol. The molecular weight excluding hydrogens is 1280 g/mol. The van der Waals surface area contributed by atoms with E-state index >= 15 is 0 Å². The summed E-state index contributed by atoms with van der Waals surface area (Å²) in [5.41, 5.74) is -1.24. The van der Waals surface area contributed by atoms with Crippen LogP contribution in [0, 0.1) is 0 Å². The Bertz CT molecular complexity index is 2990. The van der Waals surface area contributed by atoms with Crippen LogP contribution in [-0.4, -0.2) is 256 Å². The summed E-state index contributed by atoms with van der Waals surface area (Å²) in [6.07, 6.45) is -4.11. The summed E-state index contributed by atoms with van der Waals surface area (Å²) in [7, 11) is 0. The molecule has 0 unspecified atom stereocenters. The molecule has 3 heterocycles. The summed E-state index contributed by atoms with van der Waals surface area (Å²) in [4.78, 5) is 138. The van der Waals surface area contributed by atoms with E-state index < -0.39 is 88.3 Å². The van der Waals surface area contributed by atoms with Gasteiger partial charge in [-0.15, -0.1) is 0 Å². The third-order valence-corrected chi connectivity index (χ3v) is 15.3. The maximum Gasteiger partial charge on any atom is 0.410 e. The second-order valence-corrected chi connectivity index (χ2v) is 30.8. The first-order valence-electron chi connectivity index (χ1n) is 34.2. The number of benzene rings is 2. The standard InChI is InChI=1S/C70H109N13O16/c1-65(2,3)94-59(87)78-35-31-76(32-36-79(60(88)95-66(4,5)6)40-44-82(43-39-78)63(91)98-69(13,14)15)56-73-55(71-30-24-23-29-53(54(84)85)72-58(86)93-47-52-50-27-21-19-25-48(50)49-26-20-22-28-51(49)52)74-57(75-56)77-33-37-80(61(89)96-67(7,8)9)41-45-83(64(92)99-70(16,17)18)46-42-81(38-34-77)62(90)97-68(10,11)12/h19-22,25-28,52-53H,23-24,29-47H2,1-18H3,(H,72,86)(H,84,85)(H,71,73,74,75)/t53-/m0/s1. The second kappa shape index (κ2) is 33.8. The van der Waals surface area contributed by atoms with Crippen molar-refractivity contribution >= 4 is 66.5 Å². The lowest BCUT2D eigenvalue weighted by Crippen LogP contribution is -2.52. The van der Waals surface area contributed by atoms with Gasteiger partial charge in [-0.25, -0.2) is 38.4 Å². The number of carboxylic acid groups (broad SMARTS) is 1. The maximum absolute atomic E-state index is 14.3. The van der Waals surface area contributed by atoms with Gasteiger partial charge in [0.15, 0.2) is 0 Å². The summed E-state index contributed by atoms with van der Waals surface area (Å²) in [6, 6.07) is 14.5. The van der Waals surface area contributed by atoms with Crippen molar-refractivity contribution in [1.29, 1.82) is 0 Å². The Labute approximate surface area is 583 Å². The molecule has 2 aliphatic heterocycles. The van der Waals surface area contributed by atoms with Crippen LogP contribution < -0.4 is 20.4 Å². The molecule has 99 heavy (non-hydrogen) atoms. The fourth-order valence-corrected chi connectivity index (χ4v) is 10.7. The Kier molecular flexibility index (Phi) is 27.1. The quantitative estimate of drug-likeness (QED) is 0.112. The normalized spacial score (nSPS) is 16.5. The minimum Gasteiger partial charge on any atom is -0.480 e. The van der Waals surface area contributed by atoms with Gasteiger partial charge in [0, 0.05) is 117 Å². The zero-order valence-corrected chi connectivity index (χ0v) is 61.6. The average Bonchev–Trinajstić information content (AvgIpc) is 1.61. The highest BCUT2D eigenvalue weighted by molar-refractivity contribution is 5.81. The highest BCUT2D eigenvalue weighted by Gasteiger charge is 2.35. The first kappa shape index (κ1) is 79.2. The summed E-state index contributed by atoms with van der Waals surface area (Å²) < 4.78 is 41.1. The van der Waals surface area contributed by atoms with Gasteiger partial charge in [0.2, 0.25) is 17.8 Å². The SMILES string of the molecule is CC(C)(C)OC(=O)N1CCN(C(=O)OC(C)(C)C)CCN(c2nc(NCCCC[C@H](NC(=O)OCC3c4ccccc4-c4ccccc43)C(=O)O)nc(N3CCN(C(=O)OC(C)(C)C)CCN(C(=O)OC(C)(C)C)CCN(C(=O)OC(C)(C)C)CC3)n2)CCN(C(=O)OC(C)(C)C)CC1. The number of alkyl carbamates (subject to hydrolysis) is 1. The Morgan fingerprint density at radius 3 is 0.990 bits per heavy atom. The van der Waals surface area contributed by atoms with Crippen LogP contribution in [0.4, 0.5) is 51.4 Å². The fourth-order valence-electron chi connectivity index (χ4n) is 10.7. The van der Waals surface area contributed by atoms with E-state index in [-0.39, 0.29) is 148 Å². The number of hydrogen-bond donors (Lipinski definition) is 3. The summed E-state index contributed by atoms with van der Waals surface area (Å²) in [5, 5.41) is 16.2. The number of nitrogens with one attached hydrogen (secondary N) is 2. The lowest BCUT2D eigenvalue weighted by molar-refractivity contribution is -0.139. The Morgan fingerprint density at radius 1 is 0.424 bits per heavy atom. The van der Waals surface area contributed by atoms with Gasteiger partial charge in [0.1, 0.15) is 46.3 Å². The minimum absolute atomic E-state index is 0.00193. The van der Waals surface area contributed by atoms with Gasteiger partial charge in [-0.1, -0.05) is 48.5 Å². The number of fused-ring (bicyclic) bond motifs is 3. The van der Waals surface area contributed by atoms with Crippen molar-refractivity contribution in [2.75, 3.05) is 133 Å². The lowest BCUT2D eigenvalue weighted by Gasteiger charge is -2.36. The zero-order chi connectivity index (χ0) is 73.4. The van der Waals surface area contributed by atoms with Crippen LogP contribution >= 0.6 is 0 Å². The van der Waals surface area contributed by atoms with Crippen molar-refractivity contribution in [2.24, 2.45) is 0 Å². The van der Waals surface area contributed by atoms with Gasteiger partial charge in [-0.3, -0.25) is 0 Å². The molecule has 2 fully saturated rings. The first-order valence-corrected chi connectivity index (χ1v) is 34.2. The Balaban J connectivity index is 1.39. The van der Waals surface area contributed by atoms with E-state index in [1.807, 2.05) is 48.5 Å². The summed E-state index contributed by atoms with van der Waals surface area (Å²) >= 11 is 0. The zero-order valence-electron chi connectivity index (χ0n) is 61.6. The number of carbonyl (C=O) groups excluding carboxylic acids is 7. The van der Waals surface area contributed by atoms with E-state index in [0.29, 0.717) is 12.8 Å². The molecule has 3 N–H and O–H groups in total. The molecule has 3 aliphatic rings. The number of carbonyl (C=O) groups is 8. The molecule has 1 atom stereocenters. The highest BCUT2D eigenvalue weighted by atomic mass is 16.6. The molecule has 0 bridgehead atoms. The number of nitrogens with zero attached hydrogens (tertiary/aromatic N) is 11. The molecule has 2 aromatic carbocycles. The van der Waals surface area contributed by atoms with Gasteiger partial charge >= 0.3 is 48.6 Å². The maximum atomic E-state index is 14.3. The number of amides is 7. The number of ether oxygens (including phenoxy) is 7. The molecule has 6 rings (SSSR count). The van der Waals surface area contributed by atoms with Gasteiger partial charge in [-0.05, 0) is 166 Å². The predicted molar refractivity (Wildman–Crippen MR) is 373 cm³/mol. The van der Waals surface area contributed by atoms with Gasteiger partial charge in [0.05, 0.1) is 0 Å². The molecule has 0 saturated carbocycles. The predicted octanol–water partition coefficient (Wildman–Crippen LogP) is 10.5. The molecule has 550 valence electrons. The van der Waals surface area contributed by atoms with Gasteiger partial charge < -0.3 is 88.1 Å². The molecule has 0 radical (unpaired) electrons. The Morgan fingerprint density at radius 2 is 0.707 bits per heavy atom. The molecule has 29 nitrogen and oxygen atoms in total. The van der Waals surface area contributed by atoms with Crippen molar-refractivity contribution in [3.8, 4) is 11.1 Å². The minimum atomic E-state index is -1.29. The van der Waals surface area contributed by atoms with E-state index in [0.717, 1.165) is 22.3 Å². The first-order chi connectivity index (χ1) is 46.0. The van der Waals surface area contributed by atoms with Crippen LogP contribution in [0.5, 0.6) is 0 Å². The molecule has 2 saturated heterocycles. The molecule has 7 amide bonds. The number of carboxylic acids is 1. The van der Waals surface area contributed by atoms with Crippen molar-refractivity contribution in [1.82, 2.24) is 49.7 Å². The topological polar surface area (TPSA) is 310 Å². The van der Waals surface area contributed by atoms with Gasteiger partial charge in [0.25, 0.3) is 0 Å². The molecule has 1 aromatic heterocycles. The van der Waals surface area contributed by atoms with Crippen molar-refractivity contribution in [3.05, 3.63) is 59.7 Å². The third-order valence-electron chi connectivity index (χ3n) is 15.3. The summed E-state index contributed by atoms with van der Waals surface area (Å²) in [5.74, 6) is -1.27. The Hall–Kier alpha value is -8.79. The number of rotatable bonds is 12. The highest BCUT2D eigenvalue weighted by Crippen LogP contribution is 2.44. The van der Waals surface area contributed by atoms with Crippen LogP contribution in [-0.2, 0) is 38.0 Å². The number of unbranched alkanes of at least 4 members (excludes halogenated alkanes) is 1. The molecule has 29 heteroatoms. The van der Waals surface area contributed by atoms with E-state index in [9.17, 15) is 43.5 Å². The van der Waals surface area contributed by atoms with Crippen molar-refractivity contribution in [3.63, 3.8) is 0 Å². The van der Waals surface area contributed by atoms with Crippen LogP contribution in [0.3, 0.4) is 0 Å². The van der Waals surface area contributed by atoms with Crippen LogP contribution in [0.15, 0.2) is 48.5 Å². The van der Waals surface area contributed by atoms with Crippen LogP contribution in [0.25, 0.3) is 11.1 Å². The largest absolute Gasteiger partial charge is 0.480 e. The van der Waals surface area contributed by atoms with Crippen LogP contribution in [0.2, 0.25) is 0 Å². The van der Waals surface area contributed by atoms with E-state index in [1.165, 1.54) is 29.4 Å². The van der Waals surface area contributed by atoms with E-state index in [1.54, 1.807) is 134 Å². The van der Waals surface area contributed by atoms with Crippen molar-refractivity contribution < 1.29 is 76.6 Å². The fraction of sp³-hybridized carbons (Fsp3) is 0.671. The van der Waals surface area contributed by atoms with E-state index in [2.05, 4.69) is 10.6 Å². The smallest absolute Gasteiger partial charge is 0.410 e. The number of anilines is 3. The molecule has 3 aromatic rings. The molecular formula is C70H109N13O16. The third kappa shape index (κ3) is 26.4. The van der Waals surface area contributed by atoms with E-state index in [4.69, 9.17) is 48.1 Å². The molecule has 1 aliphatic carbocycles. The average molecular weight is 1390 g/mol. The van der Waals surface area contributed by atoms with Crippen LogP contribution in [0.1, 0.15) is 161 Å². The van der Waals surface area contributed by atoms with Gasteiger partial charge in [-0.2, -0.15) is 15.0 Å². The number of aromatic nitrogens is 3. The number of aliphatic carboxylic acids is 1. The molecule has 0 spiro atoms.